The number of nitrogens with one attached hydrogen (secondary N) is 1. The average molecular weight is 927 g/mol. The van der Waals surface area contributed by atoms with E-state index in [4.69, 9.17) is 4.74 Å². The van der Waals surface area contributed by atoms with Gasteiger partial charge in [0.15, 0.2) is 0 Å². The lowest BCUT2D eigenvalue weighted by Gasteiger charge is -2.24. The molecule has 0 rings (SSSR count). The van der Waals surface area contributed by atoms with Crippen molar-refractivity contribution in [1.29, 1.82) is 0 Å². The number of allylic oxidation sites excluding steroid dienone is 8. The van der Waals surface area contributed by atoms with Crippen molar-refractivity contribution in [2.24, 2.45) is 0 Å². The molecule has 0 fully saturated rings. The fourth-order valence-electron chi connectivity index (χ4n) is 8.86. The molecule has 3 unspecified atom stereocenters. The molecule has 3 atom stereocenters. The van der Waals surface area contributed by atoms with Crippen LogP contribution in [0.2, 0.25) is 0 Å². The number of amides is 1. The molecule has 0 aliphatic heterocycles. The predicted molar refractivity (Wildman–Crippen MR) is 287 cm³/mol. The third-order valence-corrected chi connectivity index (χ3v) is 13.3. The molecule has 0 aliphatic rings. The standard InChI is InChI=1S/C60H111NO5/c1-4-7-10-13-16-19-22-25-28-29-30-32-35-38-41-44-47-50-53-60(65)66-56(51-48-45-42-39-36-33-31-26-23-20-17-14-11-8-5-2)54-59(64)61-57(55-62)58(63)52-49-46-43-40-37-34-27-24-21-18-15-12-9-6-3/h16,19,22,25,28-30,32,56-58,62-63H,4-15,17-18,20-21,23-24,26-27,31,33-55H2,1-3H3,(H,61,64)/b19-16+,25-22+,29-28+,32-30+. The van der Waals surface area contributed by atoms with E-state index in [0.717, 1.165) is 77.0 Å². The van der Waals surface area contributed by atoms with Gasteiger partial charge in [-0.1, -0.05) is 281 Å². The number of carbonyl (C=O) groups is 2. The summed E-state index contributed by atoms with van der Waals surface area (Å²) in [5, 5.41) is 23.9. The van der Waals surface area contributed by atoms with Gasteiger partial charge >= 0.3 is 5.97 Å². The maximum atomic E-state index is 13.3. The molecule has 0 saturated carbocycles. The third kappa shape index (κ3) is 48.3. The Balaban J connectivity index is 4.59. The molecule has 0 aliphatic carbocycles. The predicted octanol–water partition coefficient (Wildman–Crippen LogP) is 17.8. The molecule has 0 saturated heterocycles. The van der Waals surface area contributed by atoms with E-state index in [-0.39, 0.29) is 24.9 Å². The van der Waals surface area contributed by atoms with Gasteiger partial charge < -0.3 is 20.3 Å². The number of unbranched alkanes of at least 4 members (excludes halogenated alkanes) is 35. The Bertz CT molecular complexity index is 1130. The lowest BCUT2D eigenvalue weighted by molar-refractivity contribution is -0.151. The first-order chi connectivity index (χ1) is 32.5. The van der Waals surface area contributed by atoms with Gasteiger partial charge in [0.1, 0.15) is 6.10 Å². The van der Waals surface area contributed by atoms with Crippen LogP contribution in [0, 0.1) is 0 Å². The van der Waals surface area contributed by atoms with Crippen LogP contribution in [0.4, 0.5) is 0 Å². The molecule has 1 amide bonds. The van der Waals surface area contributed by atoms with E-state index in [1.807, 2.05) is 0 Å². The molecule has 0 aromatic rings. The van der Waals surface area contributed by atoms with Crippen LogP contribution in [0.1, 0.15) is 297 Å². The van der Waals surface area contributed by atoms with Crippen molar-refractivity contribution in [1.82, 2.24) is 5.32 Å². The highest BCUT2D eigenvalue weighted by Crippen LogP contribution is 2.19. The number of aliphatic hydroxyl groups excluding tert-OH is 2. The second-order valence-corrected chi connectivity index (χ2v) is 19.8. The minimum atomic E-state index is -0.791. The topological polar surface area (TPSA) is 95.9 Å². The Hall–Kier alpha value is -2.18. The summed E-state index contributed by atoms with van der Waals surface area (Å²) in [6, 6.07) is -0.705. The van der Waals surface area contributed by atoms with E-state index >= 15 is 0 Å². The summed E-state index contributed by atoms with van der Waals surface area (Å²) in [5.74, 6) is -0.486. The van der Waals surface area contributed by atoms with Gasteiger partial charge in [-0.05, 0) is 51.4 Å². The van der Waals surface area contributed by atoms with Crippen LogP contribution < -0.4 is 5.32 Å². The first-order valence-corrected chi connectivity index (χ1v) is 28.9. The van der Waals surface area contributed by atoms with Gasteiger partial charge in [-0.25, -0.2) is 0 Å². The third-order valence-electron chi connectivity index (χ3n) is 13.3. The van der Waals surface area contributed by atoms with Crippen molar-refractivity contribution in [3.8, 4) is 0 Å². The van der Waals surface area contributed by atoms with Gasteiger partial charge in [0.2, 0.25) is 5.91 Å². The van der Waals surface area contributed by atoms with Gasteiger partial charge in [0.05, 0.1) is 25.2 Å². The first-order valence-electron chi connectivity index (χ1n) is 28.9. The molecule has 3 N–H and O–H groups in total. The Morgan fingerprint density at radius 1 is 0.439 bits per heavy atom. The zero-order valence-corrected chi connectivity index (χ0v) is 44.1. The number of aliphatic hydroxyl groups is 2. The van der Waals surface area contributed by atoms with E-state index in [1.54, 1.807) is 0 Å². The van der Waals surface area contributed by atoms with Crippen LogP contribution in [0.3, 0.4) is 0 Å². The van der Waals surface area contributed by atoms with Crippen molar-refractivity contribution >= 4 is 11.9 Å². The van der Waals surface area contributed by atoms with Crippen LogP contribution >= 0.6 is 0 Å². The highest BCUT2D eigenvalue weighted by molar-refractivity contribution is 5.77. The normalized spacial score (nSPS) is 13.5. The molecule has 0 radical (unpaired) electrons. The molecule has 0 aromatic heterocycles. The van der Waals surface area contributed by atoms with Crippen molar-refractivity contribution in [2.75, 3.05) is 6.61 Å². The average Bonchev–Trinajstić information content (AvgIpc) is 3.31. The monoisotopic (exact) mass is 926 g/mol. The van der Waals surface area contributed by atoms with E-state index < -0.39 is 18.2 Å². The largest absolute Gasteiger partial charge is 0.462 e. The summed E-state index contributed by atoms with van der Waals surface area (Å²) in [4.78, 5) is 26.3. The van der Waals surface area contributed by atoms with Crippen LogP contribution in [0.15, 0.2) is 48.6 Å². The number of hydrogen-bond donors (Lipinski definition) is 3. The number of esters is 1. The number of ether oxygens (including phenoxy) is 1. The smallest absolute Gasteiger partial charge is 0.306 e. The minimum absolute atomic E-state index is 0.0710. The van der Waals surface area contributed by atoms with Gasteiger partial charge in [0, 0.05) is 6.42 Å². The molecule has 6 nitrogen and oxygen atoms in total. The second kappa shape index (κ2) is 53.8. The van der Waals surface area contributed by atoms with E-state index in [9.17, 15) is 19.8 Å². The molecule has 0 bridgehead atoms. The fraction of sp³-hybridized carbons (Fsp3) is 0.833. The van der Waals surface area contributed by atoms with Gasteiger partial charge in [-0.2, -0.15) is 0 Å². The number of hydrogen-bond acceptors (Lipinski definition) is 5. The summed E-state index contributed by atoms with van der Waals surface area (Å²) in [6.07, 6.45) is 65.9. The van der Waals surface area contributed by atoms with Crippen LogP contribution in [0.5, 0.6) is 0 Å². The number of rotatable bonds is 52. The number of carbonyl (C=O) groups excluding carboxylic acids is 2. The molecule has 6 heteroatoms. The van der Waals surface area contributed by atoms with Gasteiger partial charge in [-0.15, -0.1) is 0 Å². The Morgan fingerprint density at radius 3 is 1.20 bits per heavy atom. The molecule has 386 valence electrons. The van der Waals surface area contributed by atoms with Gasteiger partial charge in [-0.3, -0.25) is 9.59 Å². The van der Waals surface area contributed by atoms with E-state index in [0.29, 0.717) is 19.3 Å². The van der Waals surface area contributed by atoms with Crippen LogP contribution in [0.25, 0.3) is 0 Å². The van der Waals surface area contributed by atoms with Crippen molar-refractivity contribution in [3.63, 3.8) is 0 Å². The zero-order valence-electron chi connectivity index (χ0n) is 44.1. The molecule has 0 heterocycles. The van der Waals surface area contributed by atoms with Crippen molar-refractivity contribution in [3.05, 3.63) is 48.6 Å². The van der Waals surface area contributed by atoms with Gasteiger partial charge in [0.25, 0.3) is 0 Å². The lowest BCUT2D eigenvalue weighted by Crippen LogP contribution is -2.46. The summed E-state index contributed by atoms with van der Waals surface area (Å²) in [7, 11) is 0. The summed E-state index contributed by atoms with van der Waals surface area (Å²) in [5.41, 5.74) is 0. The Labute approximate surface area is 410 Å². The van der Waals surface area contributed by atoms with E-state index in [1.165, 1.54) is 173 Å². The maximum Gasteiger partial charge on any atom is 0.306 e. The molecular formula is C60H111NO5. The first kappa shape index (κ1) is 63.8. The lowest BCUT2D eigenvalue weighted by atomic mass is 10.0. The van der Waals surface area contributed by atoms with Crippen LogP contribution in [-0.4, -0.2) is 46.9 Å². The van der Waals surface area contributed by atoms with E-state index in [2.05, 4.69) is 74.7 Å². The molecule has 0 aromatic carbocycles. The fourth-order valence-corrected chi connectivity index (χ4v) is 8.86. The summed E-state index contributed by atoms with van der Waals surface area (Å²) >= 11 is 0. The van der Waals surface area contributed by atoms with Crippen molar-refractivity contribution < 1.29 is 24.5 Å². The Morgan fingerprint density at radius 2 is 0.773 bits per heavy atom. The zero-order chi connectivity index (χ0) is 48.1. The second-order valence-electron chi connectivity index (χ2n) is 19.8. The highest BCUT2D eigenvalue weighted by Gasteiger charge is 2.24. The molecular weight excluding hydrogens is 815 g/mol. The summed E-state index contributed by atoms with van der Waals surface area (Å²) in [6.45, 7) is 6.47. The maximum absolute atomic E-state index is 13.3. The van der Waals surface area contributed by atoms with Crippen LogP contribution in [-0.2, 0) is 14.3 Å². The molecule has 66 heavy (non-hydrogen) atoms. The quantitative estimate of drug-likeness (QED) is 0.0321. The van der Waals surface area contributed by atoms with Crippen molar-refractivity contribution in [2.45, 2.75) is 315 Å². The highest BCUT2D eigenvalue weighted by atomic mass is 16.5. The summed E-state index contributed by atoms with van der Waals surface area (Å²) < 4.78 is 5.96. The molecule has 0 spiro atoms. The SMILES string of the molecule is CCCCC/C=C/C=C/C=C/C=C/CCCCCCCC(=O)OC(CCCCCCCCCCCCCCCCC)CC(=O)NC(CO)C(O)CCCCCCCCCCCCCCCC. The minimum Gasteiger partial charge on any atom is -0.462 e. The Kier molecular flexibility index (Phi) is 52.0.